The lowest BCUT2D eigenvalue weighted by atomic mass is 10.1. The Labute approximate surface area is 111 Å². The molecule has 1 aromatic carbocycles. The summed E-state index contributed by atoms with van der Waals surface area (Å²) in [7, 11) is 1.65. The van der Waals surface area contributed by atoms with Crippen molar-refractivity contribution in [1.82, 2.24) is 9.55 Å². The average Bonchev–Trinajstić information content (AvgIpc) is 2.76. The van der Waals surface area contributed by atoms with Crippen LogP contribution in [0.2, 0.25) is 0 Å². The van der Waals surface area contributed by atoms with Gasteiger partial charge in [-0.15, -0.1) is 0 Å². The Bertz CT molecular complexity index is 590. The predicted molar refractivity (Wildman–Crippen MR) is 70.4 cm³/mol. The smallest absolute Gasteiger partial charge is 0.309 e. The molecule has 0 aliphatic heterocycles. The largest absolute Gasteiger partial charge is 0.496 e. The van der Waals surface area contributed by atoms with Gasteiger partial charge in [-0.1, -0.05) is 12.1 Å². The van der Waals surface area contributed by atoms with E-state index in [1.165, 1.54) is 0 Å². The van der Waals surface area contributed by atoms with Gasteiger partial charge in [-0.05, 0) is 24.1 Å². The predicted octanol–water partition coefficient (Wildman–Crippen LogP) is 1.88. The van der Waals surface area contributed by atoms with E-state index in [4.69, 9.17) is 9.84 Å². The summed E-state index contributed by atoms with van der Waals surface area (Å²) in [5, 5.41) is 8.70. The second-order valence-electron chi connectivity index (χ2n) is 4.41. The van der Waals surface area contributed by atoms with Crippen LogP contribution >= 0.6 is 0 Å². The summed E-state index contributed by atoms with van der Waals surface area (Å²) in [6.07, 6.45) is 3.36. The molecule has 0 aliphatic rings. The van der Waals surface area contributed by atoms with E-state index >= 15 is 0 Å². The molecule has 100 valence electrons. The minimum Gasteiger partial charge on any atom is -0.496 e. The molecule has 1 heterocycles. The first-order valence-electron chi connectivity index (χ1n) is 5.94. The maximum absolute atomic E-state index is 10.6. The summed E-state index contributed by atoms with van der Waals surface area (Å²) in [6.45, 7) is 2.66. The zero-order valence-corrected chi connectivity index (χ0v) is 11.0. The summed E-state index contributed by atoms with van der Waals surface area (Å²) in [5.74, 6) is -0.00788. The van der Waals surface area contributed by atoms with Crippen LogP contribution in [-0.2, 0) is 17.8 Å². The zero-order valence-electron chi connectivity index (χ0n) is 11.0. The number of imidazole rings is 1. The number of carboxylic acids is 1. The van der Waals surface area contributed by atoms with Crippen molar-refractivity contribution in [2.45, 2.75) is 19.9 Å². The molecule has 0 fully saturated rings. The van der Waals surface area contributed by atoms with E-state index in [1.54, 1.807) is 19.6 Å². The van der Waals surface area contributed by atoms with E-state index in [0.717, 1.165) is 16.9 Å². The maximum atomic E-state index is 10.6. The van der Waals surface area contributed by atoms with Gasteiger partial charge in [0, 0.05) is 12.7 Å². The Balaban J connectivity index is 2.10. The molecule has 1 aromatic heterocycles. The SMILES string of the molecule is COc1ccc(Cn2cnc(CC(=O)O)c2)cc1C. The minimum absolute atomic E-state index is 0.0470. The molecule has 0 unspecified atom stereocenters. The van der Waals surface area contributed by atoms with Gasteiger partial charge in [0.2, 0.25) is 0 Å². The van der Waals surface area contributed by atoms with Crippen LogP contribution in [0.1, 0.15) is 16.8 Å². The Morgan fingerprint density at radius 2 is 2.26 bits per heavy atom. The number of aryl methyl sites for hydroxylation is 1. The molecule has 0 radical (unpaired) electrons. The second-order valence-corrected chi connectivity index (χ2v) is 4.41. The van der Waals surface area contributed by atoms with Crippen molar-refractivity contribution in [1.29, 1.82) is 0 Å². The average molecular weight is 260 g/mol. The van der Waals surface area contributed by atoms with E-state index in [-0.39, 0.29) is 6.42 Å². The fraction of sp³-hybridized carbons (Fsp3) is 0.286. The van der Waals surface area contributed by atoms with Crippen molar-refractivity contribution in [2.24, 2.45) is 0 Å². The Kier molecular flexibility index (Phi) is 3.85. The maximum Gasteiger partial charge on any atom is 0.309 e. The van der Waals surface area contributed by atoms with E-state index in [9.17, 15) is 4.79 Å². The standard InChI is InChI=1S/C14H16N2O3/c1-10-5-11(3-4-13(10)19-2)7-16-8-12(15-9-16)6-14(17)18/h3-5,8-9H,6-7H2,1-2H3,(H,17,18). The van der Waals surface area contributed by atoms with E-state index in [2.05, 4.69) is 11.1 Å². The first-order chi connectivity index (χ1) is 9.08. The van der Waals surface area contributed by atoms with Crippen molar-refractivity contribution in [3.8, 4) is 5.75 Å². The molecule has 5 nitrogen and oxygen atoms in total. The van der Waals surface area contributed by atoms with Crippen molar-refractivity contribution >= 4 is 5.97 Å². The number of aromatic nitrogens is 2. The summed E-state index contributed by atoms with van der Waals surface area (Å²) >= 11 is 0. The topological polar surface area (TPSA) is 64.4 Å². The molecule has 1 N–H and O–H groups in total. The number of ether oxygens (including phenoxy) is 1. The van der Waals surface area contributed by atoms with Crippen LogP contribution in [0.25, 0.3) is 0 Å². The molecule has 0 aliphatic carbocycles. The molecule has 2 aromatic rings. The number of hydrogen-bond donors (Lipinski definition) is 1. The van der Waals surface area contributed by atoms with Gasteiger partial charge in [-0.25, -0.2) is 4.98 Å². The van der Waals surface area contributed by atoms with Crippen LogP contribution in [-0.4, -0.2) is 27.7 Å². The normalized spacial score (nSPS) is 10.4. The highest BCUT2D eigenvalue weighted by atomic mass is 16.5. The molecule has 19 heavy (non-hydrogen) atoms. The first-order valence-corrected chi connectivity index (χ1v) is 5.94. The molecular formula is C14H16N2O3. The summed E-state index contributed by atoms with van der Waals surface area (Å²) in [5.41, 5.74) is 2.76. The van der Waals surface area contributed by atoms with Gasteiger partial charge in [0.1, 0.15) is 5.75 Å². The molecule has 5 heteroatoms. The molecule has 2 rings (SSSR count). The quantitative estimate of drug-likeness (QED) is 0.891. The number of carbonyl (C=O) groups is 1. The zero-order chi connectivity index (χ0) is 13.8. The van der Waals surface area contributed by atoms with Crippen molar-refractivity contribution in [2.75, 3.05) is 7.11 Å². The van der Waals surface area contributed by atoms with Crippen LogP contribution in [0.3, 0.4) is 0 Å². The van der Waals surface area contributed by atoms with E-state index < -0.39 is 5.97 Å². The van der Waals surface area contributed by atoms with E-state index in [1.807, 2.05) is 23.6 Å². The van der Waals surface area contributed by atoms with E-state index in [0.29, 0.717) is 12.2 Å². The monoisotopic (exact) mass is 260 g/mol. The van der Waals surface area contributed by atoms with Crippen LogP contribution in [0.4, 0.5) is 0 Å². The lowest BCUT2D eigenvalue weighted by Gasteiger charge is -2.07. The summed E-state index contributed by atoms with van der Waals surface area (Å²) in [6, 6.07) is 5.97. The molecule has 0 amide bonds. The second kappa shape index (κ2) is 5.56. The van der Waals surface area contributed by atoms with Gasteiger partial charge < -0.3 is 14.4 Å². The van der Waals surface area contributed by atoms with Crippen molar-refractivity contribution in [3.05, 3.63) is 47.5 Å². The number of aliphatic carboxylic acids is 1. The van der Waals surface area contributed by atoms with Gasteiger partial charge >= 0.3 is 5.97 Å². The fourth-order valence-electron chi connectivity index (χ4n) is 1.99. The van der Waals surface area contributed by atoms with Crippen molar-refractivity contribution < 1.29 is 14.6 Å². The number of nitrogens with zero attached hydrogens (tertiary/aromatic N) is 2. The number of hydrogen-bond acceptors (Lipinski definition) is 3. The molecule has 0 saturated heterocycles. The summed E-state index contributed by atoms with van der Waals surface area (Å²) < 4.78 is 7.09. The molecule has 0 bridgehead atoms. The van der Waals surface area contributed by atoms with Crippen molar-refractivity contribution in [3.63, 3.8) is 0 Å². The first kappa shape index (κ1) is 13.1. The number of rotatable bonds is 5. The number of methoxy groups -OCH3 is 1. The summed E-state index contributed by atoms with van der Waals surface area (Å²) in [4.78, 5) is 14.7. The Hall–Kier alpha value is -2.30. The highest BCUT2D eigenvalue weighted by Gasteiger charge is 2.05. The fourth-order valence-corrected chi connectivity index (χ4v) is 1.99. The highest BCUT2D eigenvalue weighted by Crippen LogP contribution is 2.19. The third kappa shape index (κ3) is 3.34. The van der Waals surface area contributed by atoms with Crippen LogP contribution in [0.5, 0.6) is 5.75 Å². The van der Waals surface area contributed by atoms with Crippen LogP contribution in [0, 0.1) is 6.92 Å². The molecule has 0 atom stereocenters. The number of benzene rings is 1. The third-order valence-electron chi connectivity index (χ3n) is 2.84. The van der Waals surface area contributed by atoms with Gasteiger partial charge in [-0.2, -0.15) is 0 Å². The van der Waals surface area contributed by atoms with Crippen LogP contribution < -0.4 is 4.74 Å². The van der Waals surface area contributed by atoms with Gasteiger partial charge in [-0.3, -0.25) is 4.79 Å². The Morgan fingerprint density at radius 1 is 1.47 bits per heavy atom. The minimum atomic E-state index is -0.870. The number of carboxylic acid groups (broad SMARTS) is 1. The molecule has 0 saturated carbocycles. The van der Waals surface area contributed by atoms with Gasteiger partial charge in [0.15, 0.2) is 0 Å². The third-order valence-corrected chi connectivity index (χ3v) is 2.84. The lowest BCUT2D eigenvalue weighted by molar-refractivity contribution is -0.136. The van der Waals surface area contributed by atoms with Gasteiger partial charge in [0.25, 0.3) is 0 Å². The molecular weight excluding hydrogens is 244 g/mol. The molecule has 0 spiro atoms. The lowest BCUT2D eigenvalue weighted by Crippen LogP contribution is -2.00. The highest BCUT2D eigenvalue weighted by molar-refractivity contribution is 5.69. The Morgan fingerprint density at radius 3 is 2.89 bits per heavy atom. The van der Waals surface area contributed by atoms with Crippen LogP contribution in [0.15, 0.2) is 30.7 Å². The van der Waals surface area contributed by atoms with Gasteiger partial charge in [0.05, 0.1) is 25.6 Å².